The van der Waals surface area contributed by atoms with Crippen molar-refractivity contribution >= 4 is 27.5 Å². The number of aromatic nitrogens is 1. The van der Waals surface area contributed by atoms with Crippen molar-refractivity contribution in [2.45, 2.75) is 38.4 Å². The molecule has 28 heavy (non-hydrogen) atoms. The molecule has 3 aromatic rings. The highest BCUT2D eigenvalue weighted by molar-refractivity contribution is 7.14. The summed E-state index contributed by atoms with van der Waals surface area (Å²) in [5, 5.41) is 3.84. The molecule has 6 heteroatoms. The van der Waals surface area contributed by atoms with Crippen LogP contribution in [0.1, 0.15) is 31.4 Å². The number of piperidine rings is 1. The third-order valence-electron chi connectivity index (χ3n) is 5.43. The van der Waals surface area contributed by atoms with E-state index in [9.17, 15) is 9.59 Å². The van der Waals surface area contributed by atoms with Crippen molar-refractivity contribution < 1.29 is 4.79 Å². The Balaban J connectivity index is 1.34. The number of hydrogen-bond acceptors (Lipinski definition) is 4. The average Bonchev–Trinajstić information content (AvgIpc) is 3.06. The van der Waals surface area contributed by atoms with Crippen molar-refractivity contribution in [2.75, 3.05) is 13.1 Å². The molecular weight excluding hydrogens is 370 g/mol. The van der Waals surface area contributed by atoms with Gasteiger partial charge in [-0.15, -0.1) is 0 Å². The summed E-state index contributed by atoms with van der Waals surface area (Å²) in [4.78, 5) is 27.7. The lowest BCUT2D eigenvalue weighted by atomic mass is 10.0. The molecule has 5 nitrogen and oxygen atoms in total. The molecule has 1 aliphatic heterocycles. The molecule has 0 bridgehead atoms. The Labute approximate surface area is 168 Å². The van der Waals surface area contributed by atoms with E-state index in [-0.39, 0.29) is 17.5 Å². The van der Waals surface area contributed by atoms with E-state index < -0.39 is 6.04 Å². The van der Waals surface area contributed by atoms with Gasteiger partial charge < -0.3 is 5.32 Å². The lowest BCUT2D eigenvalue weighted by Gasteiger charge is -2.32. The second kappa shape index (κ2) is 8.29. The van der Waals surface area contributed by atoms with Gasteiger partial charge in [0.2, 0.25) is 5.91 Å². The first-order chi connectivity index (χ1) is 13.6. The summed E-state index contributed by atoms with van der Waals surface area (Å²) < 4.78 is 2.51. The third-order valence-corrected chi connectivity index (χ3v) is 6.66. The Kier molecular flexibility index (Phi) is 5.59. The fourth-order valence-electron chi connectivity index (χ4n) is 3.75. The van der Waals surface area contributed by atoms with Crippen molar-refractivity contribution in [3.05, 3.63) is 70.5 Å². The Hall–Kier alpha value is -2.44. The fraction of sp³-hybridized carbons (Fsp3) is 0.364. The molecule has 0 aliphatic carbocycles. The molecule has 0 radical (unpaired) electrons. The molecule has 2 heterocycles. The smallest absolute Gasteiger partial charge is 0.269 e. The molecule has 0 saturated carbocycles. The molecule has 1 saturated heterocycles. The summed E-state index contributed by atoms with van der Waals surface area (Å²) in [6.07, 6.45) is 1.87. The van der Waals surface area contributed by atoms with Crippen LogP contribution in [0.15, 0.2) is 59.4 Å². The fourth-order valence-corrected chi connectivity index (χ4v) is 4.79. The van der Waals surface area contributed by atoms with Crippen LogP contribution in [0.4, 0.5) is 0 Å². The minimum Gasteiger partial charge on any atom is -0.351 e. The normalized spacial score (nSPS) is 16.9. The molecule has 1 aromatic heterocycles. The van der Waals surface area contributed by atoms with E-state index >= 15 is 0 Å². The Morgan fingerprint density at radius 1 is 1.11 bits per heavy atom. The van der Waals surface area contributed by atoms with Crippen LogP contribution >= 0.6 is 11.5 Å². The Morgan fingerprint density at radius 2 is 1.79 bits per heavy atom. The van der Waals surface area contributed by atoms with Crippen LogP contribution in [-0.4, -0.2) is 33.9 Å². The zero-order valence-electron chi connectivity index (χ0n) is 16.0. The zero-order valence-corrected chi connectivity index (χ0v) is 16.8. The maximum absolute atomic E-state index is 12.7. The average molecular weight is 396 g/mol. The predicted octanol–water partition coefficient (Wildman–Crippen LogP) is 3.40. The second-order valence-corrected chi connectivity index (χ2v) is 8.45. The molecule has 1 fully saturated rings. The molecule has 2 aromatic carbocycles. The van der Waals surface area contributed by atoms with Crippen molar-refractivity contribution in [3.63, 3.8) is 0 Å². The van der Waals surface area contributed by atoms with Gasteiger partial charge in [-0.3, -0.25) is 18.4 Å². The van der Waals surface area contributed by atoms with Gasteiger partial charge in [0.1, 0.15) is 6.04 Å². The second-order valence-electron chi connectivity index (χ2n) is 7.44. The van der Waals surface area contributed by atoms with Gasteiger partial charge in [0.15, 0.2) is 0 Å². The van der Waals surface area contributed by atoms with Crippen molar-refractivity contribution in [1.82, 2.24) is 14.2 Å². The molecule has 4 rings (SSSR count). The summed E-state index contributed by atoms with van der Waals surface area (Å²) in [6.45, 7) is 4.69. The maximum atomic E-state index is 12.7. The van der Waals surface area contributed by atoms with Crippen LogP contribution in [0.3, 0.4) is 0 Å². The van der Waals surface area contributed by atoms with E-state index in [4.69, 9.17) is 0 Å². The van der Waals surface area contributed by atoms with E-state index in [1.165, 1.54) is 17.1 Å². The third kappa shape index (κ3) is 4.03. The summed E-state index contributed by atoms with van der Waals surface area (Å²) in [7, 11) is 0. The highest BCUT2D eigenvalue weighted by atomic mass is 32.1. The van der Waals surface area contributed by atoms with Gasteiger partial charge in [-0.2, -0.15) is 0 Å². The Morgan fingerprint density at radius 3 is 2.50 bits per heavy atom. The number of hydrogen-bond donors (Lipinski definition) is 1. The van der Waals surface area contributed by atoms with Crippen molar-refractivity contribution in [2.24, 2.45) is 0 Å². The largest absolute Gasteiger partial charge is 0.351 e. The van der Waals surface area contributed by atoms with Gasteiger partial charge in [0.25, 0.3) is 5.56 Å². The minimum atomic E-state index is -0.493. The van der Waals surface area contributed by atoms with Crippen molar-refractivity contribution in [1.29, 1.82) is 0 Å². The number of carbonyl (C=O) groups excluding carboxylic acids is 1. The first-order valence-electron chi connectivity index (χ1n) is 9.79. The van der Waals surface area contributed by atoms with Crippen LogP contribution in [0, 0.1) is 0 Å². The highest BCUT2D eigenvalue weighted by Crippen LogP contribution is 2.20. The number of rotatable bonds is 5. The summed E-state index contributed by atoms with van der Waals surface area (Å²) in [5.74, 6) is -0.0739. The number of benzene rings is 2. The summed E-state index contributed by atoms with van der Waals surface area (Å²) in [6, 6.07) is 17.7. The first kappa shape index (κ1) is 18.9. The van der Waals surface area contributed by atoms with Gasteiger partial charge in [0.05, 0.1) is 10.1 Å². The molecule has 1 atom stereocenters. The zero-order chi connectivity index (χ0) is 19.5. The van der Waals surface area contributed by atoms with Gasteiger partial charge in [-0.05, 0) is 37.5 Å². The van der Waals surface area contributed by atoms with E-state index in [1.807, 2.05) is 30.3 Å². The predicted molar refractivity (Wildman–Crippen MR) is 114 cm³/mol. The molecule has 0 spiro atoms. The first-order valence-corrected chi connectivity index (χ1v) is 10.6. The van der Waals surface area contributed by atoms with Crippen LogP contribution in [-0.2, 0) is 11.3 Å². The number of carbonyl (C=O) groups is 1. The van der Waals surface area contributed by atoms with Gasteiger partial charge >= 0.3 is 0 Å². The van der Waals surface area contributed by atoms with Gasteiger partial charge in [-0.1, -0.05) is 54.0 Å². The van der Waals surface area contributed by atoms with Crippen LogP contribution in [0.2, 0.25) is 0 Å². The Bertz CT molecular complexity index is 1000. The van der Waals surface area contributed by atoms with E-state index in [2.05, 4.69) is 34.5 Å². The SMILES string of the molecule is CC(C(=O)NC1CCN(Cc2ccccc2)CC1)n1sc2ccccc2c1=O. The van der Waals surface area contributed by atoms with E-state index in [0.29, 0.717) is 5.39 Å². The number of likely N-dealkylation sites (tertiary alicyclic amines) is 1. The van der Waals surface area contributed by atoms with Crippen LogP contribution in [0.5, 0.6) is 0 Å². The molecule has 146 valence electrons. The maximum Gasteiger partial charge on any atom is 0.269 e. The van der Waals surface area contributed by atoms with Gasteiger partial charge in [-0.25, -0.2) is 0 Å². The number of amides is 1. The van der Waals surface area contributed by atoms with E-state index in [1.54, 1.807) is 10.9 Å². The van der Waals surface area contributed by atoms with Crippen LogP contribution < -0.4 is 10.9 Å². The minimum absolute atomic E-state index is 0.0739. The monoisotopic (exact) mass is 395 g/mol. The quantitative estimate of drug-likeness (QED) is 0.720. The van der Waals surface area contributed by atoms with Crippen LogP contribution in [0.25, 0.3) is 10.1 Å². The molecule has 1 aliphatic rings. The van der Waals surface area contributed by atoms with Gasteiger partial charge in [0, 0.05) is 25.7 Å². The topological polar surface area (TPSA) is 54.3 Å². The summed E-state index contributed by atoms with van der Waals surface area (Å²) >= 11 is 1.36. The molecule has 1 amide bonds. The number of nitrogens with one attached hydrogen (secondary N) is 1. The highest BCUT2D eigenvalue weighted by Gasteiger charge is 2.25. The number of nitrogens with zero attached hydrogens (tertiary/aromatic N) is 2. The summed E-state index contributed by atoms with van der Waals surface area (Å²) in [5.41, 5.74) is 1.24. The van der Waals surface area contributed by atoms with Crippen molar-refractivity contribution in [3.8, 4) is 0 Å². The standard InChI is InChI=1S/C22H25N3O2S/c1-16(25-22(27)19-9-5-6-10-20(19)28-25)21(26)23-18-11-13-24(14-12-18)15-17-7-3-2-4-8-17/h2-10,16,18H,11-15H2,1H3,(H,23,26). The molecule has 1 unspecified atom stereocenters. The lowest BCUT2D eigenvalue weighted by molar-refractivity contribution is -0.124. The van der Waals surface area contributed by atoms with E-state index in [0.717, 1.165) is 37.2 Å². The molecular formula is C22H25N3O2S. The lowest BCUT2D eigenvalue weighted by Crippen LogP contribution is -2.46. The number of fused-ring (bicyclic) bond motifs is 1. The molecule has 1 N–H and O–H groups in total.